The lowest BCUT2D eigenvalue weighted by Crippen LogP contribution is -2.55. The van der Waals surface area contributed by atoms with E-state index in [-0.39, 0.29) is 17.9 Å². The Labute approximate surface area is 181 Å². The molecule has 0 bridgehead atoms. The van der Waals surface area contributed by atoms with Gasteiger partial charge in [0, 0.05) is 50.4 Å². The van der Waals surface area contributed by atoms with Crippen LogP contribution in [0.15, 0.2) is 0 Å². The standard InChI is InChI=1S/C23H39N5O2/c1-16(2)27-13-9-19(10-14-27)24-22(30)23(5)11-6-12-28(15-23)21(29)8-7-20-17(3)25-26-18(20)4/h16,19H,6-15H2,1-5H3,(H,24,30)(H,25,26)/t23-/m0/s1. The Balaban J connectivity index is 1.52. The summed E-state index contributed by atoms with van der Waals surface area (Å²) in [6.07, 6.45) is 4.89. The molecule has 2 amide bonds. The van der Waals surface area contributed by atoms with Crippen LogP contribution in [0.3, 0.4) is 0 Å². The number of hydrogen-bond donors (Lipinski definition) is 2. The minimum Gasteiger partial charge on any atom is -0.353 e. The molecule has 0 radical (unpaired) electrons. The molecule has 0 aliphatic carbocycles. The van der Waals surface area contributed by atoms with Crippen LogP contribution in [0, 0.1) is 19.3 Å². The molecule has 3 heterocycles. The summed E-state index contributed by atoms with van der Waals surface area (Å²) < 4.78 is 0. The van der Waals surface area contributed by atoms with Crippen molar-refractivity contribution in [3.63, 3.8) is 0 Å². The number of amides is 2. The topological polar surface area (TPSA) is 81.3 Å². The summed E-state index contributed by atoms with van der Waals surface area (Å²) in [6, 6.07) is 0.814. The predicted molar refractivity (Wildman–Crippen MR) is 118 cm³/mol. The molecule has 168 valence electrons. The summed E-state index contributed by atoms with van der Waals surface area (Å²) in [5.74, 6) is 0.253. The fraction of sp³-hybridized carbons (Fsp3) is 0.783. The van der Waals surface area contributed by atoms with E-state index in [0.717, 1.165) is 62.3 Å². The summed E-state index contributed by atoms with van der Waals surface area (Å²) in [4.78, 5) is 30.4. The van der Waals surface area contributed by atoms with Crippen molar-refractivity contribution in [2.24, 2.45) is 5.41 Å². The van der Waals surface area contributed by atoms with E-state index >= 15 is 0 Å². The summed E-state index contributed by atoms with van der Waals surface area (Å²) in [5.41, 5.74) is 2.64. The first-order chi connectivity index (χ1) is 14.2. The number of carbonyl (C=O) groups excluding carboxylic acids is 2. The van der Waals surface area contributed by atoms with Gasteiger partial charge in [0.2, 0.25) is 11.8 Å². The molecule has 1 atom stereocenters. The fourth-order valence-corrected chi connectivity index (χ4v) is 4.89. The second kappa shape index (κ2) is 9.50. The smallest absolute Gasteiger partial charge is 0.227 e. The van der Waals surface area contributed by atoms with Gasteiger partial charge in [0.25, 0.3) is 0 Å². The Morgan fingerprint density at radius 3 is 2.53 bits per heavy atom. The van der Waals surface area contributed by atoms with E-state index in [9.17, 15) is 9.59 Å². The maximum absolute atomic E-state index is 13.1. The molecule has 30 heavy (non-hydrogen) atoms. The number of aryl methyl sites for hydroxylation is 2. The zero-order valence-electron chi connectivity index (χ0n) is 19.4. The number of likely N-dealkylation sites (tertiary alicyclic amines) is 2. The molecular weight excluding hydrogens is 378 g/mol. The van der Waals surface area contributed by atoms with E-state index in [1.54, 1.807) is 0 Å². The van der Waals surface area contributed by atoms with Crippen LogP contribution >= 0.6 is 0 Å². The largest absolute Gasteiger partial charge is 0.353 e. The van der Waals surface area contributed by atoms with Crippen LogP contribution in [-0.2, 0) is 16.0 Å². The van der Waals surface area contributed by atoms with E-state index < -0.39 is 5.41 Å². The normalized spacial score (nSPS) is 23.7. The molecular formula is C23H39N5O2. The molecule has 0 aromatic carbocycles. The van der Waals surface area contributed by atoms with Crippen LogP contribution in [-0.4, -0.2) is 70.1 Å². The van der Waals surface area contributed by atoms with Crippen LogP contribution in [0.25, 0.3) is 0 Å². The molecule has 2 fully saturated rings. The van der Waals surface area contributed by atoms with Gasteiger partial charge in [-0.15, -0.1) is 0 Å². The average molecular weight is 418 g/mol. The Bertz CT molecular complexity index is 731. The maximum atomic E-state index is 13.1. The van der Waals surface area contributed by atoms with Gasteiger partial charge in [-0.1, -0.05) is 0 Å². The molecule has 2 aliphatic rings. The van der Waals surface area contributed by atoms with Gasteiger partial charge in [-0.05, 0) is 72.3 Å². The molecule has 1 aromatic heterocycles. The van der Waals surface area contributed by atoms with Crippen molar-refractivity contribution < 1.29 is 9.59 Å². The second-order valence-electron chi connectivity index (χ2n) is 9.77. The number of nitrogens with one attached hydrogen (secondary N) is 2. The highest BCUT2D eigenvalue weighted by atomic mass is 16.2. The van der Waals surface area contributed by atoms with Crippen molar-refractivity contribution >= 4 is 11.8 Å². The van der Waals surface area contributed by atoms with Gasteiger partial charge in [0.05, 0.1) is 11.1 Å². The first-order valence-electron chi connectivity index (χ1n) is 11.5. The molecule has 7 nitrogen and oxygen atoms in total. The molecule has 0 unspecified atom stereocenters. The first-order valence-corrected chi connectivity index (χ1v) is 11.5. The third kappa shape index (κ3) is 5.23. The molecule has 1 aromatic rings. The number of piperidine rings is 2. The highest BCUT2D eigenvalue weighted by Crippen LogP contribution is 2.31. The van der Waals surface area contributed by atoms with E-state index in [4.69, 9.17) is 0 Å². The quantitative estimate of drug-likeness (QED) is 0.745. The molecule has 0 saturated carbocycles. The van der Waals surface area contributed by atoms with Gasteiger partial charge in [-0.25, -0.2) is 0 Å². The lowest BCUT2D eigenvalue weighted by Gasteiger charge is -2.41. The molecule has 2 N–H and O–H groups in total. The van der Waals surface area contributed by atoms with Crippen LogP contribution in [0.1, 0.15) is 69.8 Å². The van der Waals surface area contributed by atoms with Gasteiger partial charge >= 0.3 is 0 Å². The molecule has 2 aliphatic heterocycles. The van der Waals surface area contributed by atoms with Gasteiger partial charge < -0.3 is 15.1 Å². The Morgan fingerprint density at radius 2 is 1.93 bits per heavy atom. The highest BCUT2D eigenvalue weighted by Gasteiger charge is 2.40. The number of nitrogens with zero attached hydrogens (tertiary/aromatic N) is 3. The molecule has 7 heteroatoms. The van der Waals surface area contributed by atoms with Crippen molar-refractivity contribution in [3.8, 4) is 0 Å². The lowest BCUT2D eigenvalue weighted by molar-refractivity contribution is -0.141. The zero-order valence-corrected chi connectivity index (χ0v) is 19.4. The van der Waals surface area contributed by atoms with Crippen molar-refractivity contribution in [1.29, 1.82) is 0 Å². The van der Waals surface area contributed by atoms with Gasteiger partial charge in [0.1, 0.15) is 0 Å². The van der Waals surface area contributed by atoms with E-state index in [2.05, 4.69) is 34.3 Å². The summed E-state index contributed by atoms with van der Waals surface area (Å²) in [7, 11) is 0. The lowest BCUT2D eigenvalue weighted by atomic mass is 9.80. The van der Waals surface area contributed by atoms with E-state index in [1.165, 1.54) is 0 Å². The Kier molecular flexibility index (Phi) is 7.22. The number of aromatic nitrogens is 2. The minimum absolute atomic E-state index is 0.115. The van der Waals surface area contributed by atoms with Crippen molar-refractivity contribution in [1.82, 2.24) is 25.3 Å². The van der Waals surface area contributed by atoms with Gasteiger partial charge in [0.15, 0.2) is 0 Å². The minimum atomic E-state index is -0.495. The third-order valence-corrected chi connectivity index (χ3v) is 7.06. The van der Waals surface area contributed by atoms with Crippen molar-refractivity contribution in [3.05, 3.63) is 17.0 Å². The second-order valence-corrected chi connectivity index (χ2v) is 9.77. The number of carbonyl (C=O) groups is 2. The summed E-state index contributed by atoms with van der Waals surface area (Å²) >= 11 is 0. The van der Waals surface area contributed by atoms with Crippen LogP contribution in [0.4, 0.5) is 0 Å². The average Bonchev–Trinajstić information content (AvgIpc) is 3.04. The summed E-state index contributed by atoms with van der Waals surface area (Å²) in [5, 5.41) is 10.5. The van der Waals surface area contributed by atoms with Gasteiger partial charge in [-0.2, -0.15) is 5.10 Å². The maximum Gasteiger partial charge on any atom is 0.227 e. The number of aromatic amines is 1. The SMILES string of the molecule is Cc1n[nH]c(C)c1CCC(=O)N1CCC[C@](C)(C(=O)NC2CCN(C(C)C)CC2)C1. The summed E-state index contributed by atoms with van der Waals surface area (Å²) in [6.45, 7) is 13.8. The van der Waals surface area contributed by atoms with Crippen molar-refractivity contribution in [2.45, 2.75) is 85.2 Å². The first kappa shape index (κ1) is 22.8. The third-order valence-electron chi connectivity index (χ3n) is 7.06. The Hall–Kier alpha value is -1.89. The number of hydrogen-bond acceptors (Lipinski definition) is 4. The zero-order chi connectivity index (χ0) is 21.9. The van der Waals surface area contributed by atoms with Crippen LogP contribution in [0.2, 0.25) is 0 Å². The number of H-pyrrole nitrogens is 1. The van der Waals surface area contributed by atoms with E-state index in [1.807, 2.05) is 25.7 Å². The molecule has 2 saturated heterocycles. The molecule has 0 spiro atoms. The number of rotatable bonds is 6. The van der Waals surface area contributed by atoms with Crippen LogP contribution < -0.4 is 5.32 Å². The predicted octanol–water partition coefficient (Wildman–Crippen LogP) is 2.58. The molecule has 3 rings (SSSR count). The van der Waals surface area contributed by atoms with Gasteiger partial charge in [-0.3, -0.25) is 14.7 Å². The van der Waals surface area contributed by atoms with Crippen molar-refractivity contribution in [2.75, 3.05) is 26.2 Å². The monoisotopic (exact) mass is 417 g/mol. The fourth-order valence-electron chi connectivity index (χ4n) is 4.89. The Morgan fingerprint density at radius 1 is 1.23 bits per heavy atom. The van der Waals surface area contributed by atoms with Crippen LogP contribution in [0.5, 0.6) is 0 Å². The highest BCUT2D eigenvalue weighted by molar-refractivity contribution is 5.84. The van der Waals surface area contributed by atoms with E-state index in [0.29, 0.717) is 25.4 Å².